The molecule has 2 fully saturated rings. The summed E-state index contributed by atoms with van der Waals surface area (Å²) in [4.78, 5) is 59.7. The molecule has 1 unspecified atom stereocenters. The maximum atomic E-state index is 16.6. The van der Waals surface area contributed by atoms with Crippen LogP contribution in [0.25, 0.3) is 22.6 Å². The van der Waals surface area contributed by atoms with Gasteiger partial charge in [0.2, 0.25) is 5.96 Å². The minimum Gasteiger partial charge on any atom is -0.447 e. The maximum absolute atomic E-state index is 16.6. The minimum absolute atomic E-state index is 0.00108. The number of hydrogen-bond donors (Lipinski definition) is 3. The van der Waals surface area contributed by atoms with Crippen molar-refractivity contribution in [2.45, 2.75) is 84.0 Å². The van der Waals surface area contributed by atoms with Crippen molar-refractivity contribution in [2.75, 3.05) is 6.61 Å². The molecule has 16 heteroatoms. The normalized spacial score (nSPS) is 18.8. The van der Waals surface area contributed by atoms with Crippen LogP contribution in [0.4, 0.5) is 14.0 Å². The van der Waals surface area contributed by atoms with Crippen LogP contribution in [0.3, 0.4) is 0 Å². The molecule has 1 saturated carbocycles. The van der Waals surface area contributed by atoms with Crippen LogP contribution >= 0.6 is 11.6 Å². The van der Waals surface area contributed by atoms with E-state index in [1.165, 1.54) is 42.0 Å². The van der Waals surface area contributed by atoms with Gasteiger partial charge in [-0.3, -0.25) is 24.8 Å². The molecule has 53 heavy (non-hydrogen) atoms. The lowest BCUT2D eigenvalue weighted by atomic mass is 9.75. The maximum Gasteiger partial charge on any atom is 0.437 e. The Labute approximate surface area is 311 Å². The van der Waals surface area contributed by atoms with E-state index in [1.807, 2.05) is 20.8 Å². The molecule has 6 rings (SSSR count). The molecular formula is C37H41ClFN9O5. The van der Waals surface area contributed by atoms with Crippen molar-refractivity contribution in [3.8, 4) is 22.6 Å². The van der Waals surface area contributed by atoms with Crippen molar-refractivity contribution >= 4 is 35.7 Å². The molecule has 2 aromatic carbocycles. The van der Waals surface area contributed by atoms with E-state index in [0.29, 0.717) is 33.2 Å². The lowest BCUT2D eigenvalue weighted by Gasteiger charge is -2.35. The lowest BCUT2D eigenvalue weighted by Crippen LogP contribution is -2.48. The summed E-state index contributed by atoms with van der Waals surface area (Å²) in [5.74, 6) is -1.22. The number of carbonyl (C=O) groups is 3. The van der Waals surface area contributed by atoms with Crippen LogP contribution in [0.1, 0.15) is 78.0 Å². The van der Waals surface area contributed by atoms with Gasteiger partial charge >= 0.3 is 12.2 Å². The summed E-state index contributed by atoms with van der Waals surface area (Å²) < 4.78 is 27.9. The van der Waals surface area contributed by atoms with Gasteiger partial charge in [0.25, 0.3) is 5.91 Å². The number of guanidine groups is 1. The van der Waals surface area contributed by atoms with Crippen LogP contribution in [-0.2, 0) is 19.8 Å². The van der Waals surface area contributed by atoms with E-state index in [4.69, 9.17) is 21.1 Å². The predicted octanol–water partition coefficient (Wildman–Crippen LogP) is 6.71. The molecule has 0 bridgehead atoms. The molecular weight excluding hydrogens is 705 g/mol. The van der Waals surface area contributed by atoms with Crippen molar-refractivity contribution in [3.63, 3.8) is 0 Å². The van der Waals surface area contributed by atoms with Crippen LogP contribution in [0.15, 0.2) is 66.3 Å². The number of carbonyl (C=O) groups excluding carboxylic acids is 3. The highest BCUT2D eigenvalue weighted by Crippen LogP contribution is 2.44. The van der Waals surface area contributed by atoms with E-state index in [0.717, 1.165) is 12.8 Å². The largest absolute Gasteiger partial charge is 0.447 e. The third kappa shape index (κ3) is 8.62. The number of nitrogens with one attached hydrogen (secondary N) is 3. The number of nitrogens with zero attached hydrogens (tertiary/aromatic N) is 6. The lowest BCUT2D eigenvalue weighted by molar-refractivity contribution is -0.135. The molecule has 3 heterocycles. The summed E-state index contributed by atoms with van der Waals surface area (Å²) in [6.07, 6.45) is 5.88. The number of aliphatic imine (C=N–C) groups is 1. The molecule has 3 N–H and O–H groups in total. The van der Waals surface area contributed by atoms with Gasteiger partial charge in [0.1, 0.15) is 29.9 Å². The number of rotatable bonds is 9. The topological polar surface area (TPSA) is 177 Å². The number of hydrogen-bond acceptors (Lipinski definition) is 9. The van der Waals surface area contributed by atoms with E-state index < -0.39 is 46.5 Å². The Morgan fingerprint density at radius 2 is 1.89 bits per heavy atom. The monoisotopic (exact) mass is 745 g/mol. The Bertz CT molecular complexity index is 2030. The summed E-state index contributed by atoms with van der Waals surface area (Å²) >= 11 is 6.59. The molecule has 278 valence electrons. The van der Waals surface area contributed by atoms with Gasteiger partial charge in [0.15, 0.2) is 5.82 Å². The van der Waals surface area contributed by atoms with Crippen molar-refractivity contribution in [1.82, 2.24) is 40.7 Å². The number of aromatic nitrogens is 5. The van der Waals surface area contributed by atoms with Gasteiger partial charge in [-0.1, -0.05) is 50.6 Å². The number of H-pyrrole nitrogens is 1. The van der Waals surface area contributed by atoms with Crippen molar-refractivity contribution in [1.29, 1.82) is 0 Å². The molecule has 14 nitrogen and oxygen atoms in total. The molecule has 2 aromatic heterocycles. The van der Waals surface area contributed by atoms with Crippen LogP contribution in [0.5, 0.6) is 0 Å². The van der Waals surface area contributed by atoms with Crippen molar-refractivity contribution in [3.05, 3.63) is 83.3 Å². The SMILES string of the molecule is CC(C)(C)C[C@]1(c2ccc(-c3cnccn3)cc2F)NC(=NC(=O)OC(C)(C)C)N(C(COC(=O)NC2CC2)c2ccc(Cl)c(-c3ncn[nH]3)c2)C1=O. The molecule has 2 aliphatic rings. The van der Waals surface area contributed by atoms with E-state index in [1.54, 1.807) is 45.0 Å². The highest BCUT2D eigenvalue weighted by atomic mass is 35.5. The summed E-state index contributed by atoms with van der Waals surface area (Å²) in [5, 5.41) is 13.0. The molecule has 1 saturated heterocycles. The fourth-order valence-corrected chi connectivity index (χ4v) is 6.39. The highest BCUT2D eigenvalue weighted by molar-refractivity contribution is 6.33. The number of halogens is 2. The van der Waals surface area contributed by atoms with E-state index in [2.05, 4.69) is 40.8 Å². The van der Waals surface area contributed by atoms with Crippen LogP contribution in [0, 0.1) is 11.2 Å². The van der Waals surface area contributed by atoms with Gasteiger partial charge in [0.05, 0.1) is 23.0 Å². The van der Waals surface area contributed by atoms with Gasteiger partial charge in [-0.05, 0) is 69.2 Å². The zero-order chi connectivity index (χ0) is 38.1. The zero-order valence-electron chi connectivity index (χ0n) is 30.2. The molecule has 4 aromatic rings. The van der Waals surface area contributed by atoms with Gasteiger partial charge in [-0.15, -0.1) is 4.99 Å². The Morgan fingerprint density at radius 1 is 1.11 bits per heavy atom. The molecule has 1 aliphatic carbocycles. The van der Waals surface area contributed by atoms with Crippen LogP contribution in [-0.4, -0.2) is 72.4 Å². The molecule has 1 aliphatic heterocycles. The first-order valence-corrected chi connectivity index (χ1v) is 17.5. The number of ether oxygens (including phenoxy) is 2. The van der Waals surface area contributed by atoms with Gasteiger partial charge in [-0.25, -0.2) is 19.0 Å². The third-order valence-electron chi connectivity index (χ3n) is 8.44. The first-order chi connectivity index (χ1) is 25.0. The van der Waals surface area contributed by atoms with Crippen LogP contribution < -0.4 is 10.6 Å². The quantitative estimate of drug-likeness (QED) is 0.167. The summed E-state index contributed by atoms with van der Waals surface area (Å²) in [5.41, 5.74) is -1.51. The second kappa shape index (κ2) is 14.5. The third-order valence-corrected chi connectivity index (χ3v) is 8.77. The van der Waals surface area contributed by atoms with Crippen molar-refractivity contribution < 1.29 is 28.2 Å². The number of amides is 3. The molecule has 0 radical (unpaired) electrons. The standard InChI is InChI=1S/C37H41ClFN9O5/c1-35(2,3)19-37(25-11-7-21(16-27(25)39)28-17-40-13-14-41-28)31(49)48(32(46-37)45-34(51)53-36(4,5)6)29(18-52-33(50)44-23-9-10-23)22-8-12-26(38)24(15-22)30-42-20-43-47-30/h7-8,11-17,20,23,29H,9-10,18-19H2,1-6H3,(H,44,50)(H,42,43,47)(H,45,46,51)/t29?,37-/m1/s1. The smallest absolute Gasteiger partial charge is 0.437 e. The number of aromatic amines is 1. The van der Waals surface area contributed by atoms with Crippen LogP contribution in [0.2, 0.25) is 5.02 Å². The Morgan fingerprint density at radius 3 is 2.51 bits per heavy atom. The van der Waals surface area contributed by atoms with E-state index in [9.17, 15) is 9.59 Å². The Balaban J connectivity index is 1.52. The molecule has 2 atom stereocenters. The van der Waals surface area contributed by atoms with E-state index in [-0.39, 0.29) is 30.6 Å². The number of benzene rings is 2. The highest BCUT2D eigenvalue weighted by Gasteiger charge is 2.56. The first-order valence-electron chi connectivity index (χ1n) is 17.1. The van der Waals surface area contributed by atoms with Gasteiger partial charge in [0, 0.05) is 35.1 Å². The molecule has 3 amide bonds. The van der Waals surface area contributed by atoms with E-state index >= 15 is 9.18 Å². The first kappa shape index (κ1) is 37.3. The predicted molar refractivity (Wildman–Crippen MR) is 194 cm³/mol. The fraction of sp³-hybridized carbons (Fsp3) is 0.405. The Hall–Kier alpha value is -5.44. The Kier molecular flexibility index (Phi) is 10.2. The zero-order valence-corrected chi connectivity index (χ0v) is 31.0. The average molecular weight is 746 g/mol. The summed E-state index contributed by atoms with van der Waals surface area (Å²) in [6, 6.07) is 8.30. The second-order valence-corrected chi connectivity index (χ2v) is 15.7. The summed E-state index contributed by atoms with van der Waals surface area (Å²) in [6.45, 7) is 10.4. The summed E-state index contributed by atoms with van der Waals surface area (Å²) in [7, 11) is 0. The average Bonchev–Trinajstić information content (AvgIpc) is 3.63. The van der Waals surface area contributed by atoms with Crippen molar-refractivity contribution in [2.24, 2.45) is 10.4 Å². The minimum atomic E-state index is -1.79. The van der Waals surface area contributed by atoms with Gasteiger partial charge < -0.3 is 20.1 Å². The van der Waals surface area contributed by atoms with Gasteiger partial charge in [-0.2, -0.15) is 5.10 Å². The number of alkyl carbamates (subject to hydrolysis) is 1. The fourth-order valence-electron chi connectivity index (χ4n) is 6.19. The molecule has 0 spiro atoms. The second-order valence-electron chi connectivity index (χ2n) is 15.3.